The first-order valence-corrected chi connectivity index (χ1v) is 9.09. The fraction of sp³-hybridized carbons (Fsp3) is 0.238. The molecule has 27 heavy (non-hydrogen) atoms. The van der Waals surface area contributed by atoms with Gasteiger partial charge in [-0.2, -0.15) is 0 Å². The smallest absolute Gasteiger partial charge is 0.414 e. The number of carbonyl (C=O) groups excluding carboxylic acids is 2. The largest absolute Gasteiger partial charge is 0.452 e. The van der Waals surface area contributed by atoms with Crippen LogP contribution in [-0.2, 0) is 16.0 Å². The quantitative estimate of drug-likeness (QED) is 0.797. The normalized spacial score (nSPS) is 14.1. The van der Waals surface area contributed by atoms with E-state index >= 15 is 0 Å². The number of hydrogen-bond donors (Lipinski definition) is 1. The van der Waals surface area contributed by atoms with Crippen LogP contribution in [0.15, 0.2) is 48.5 Å². The minimum absolute atomic E-state index is 0.161. The van der Waals surface area contributed by atoms with Gasteiger partial charge in [0.15, 0.2) is 0 Å². The van der Waals surface area contributed by atoms with Gasteiger partial charge in [0.2, 0.25) is 5.91 Å². The maximum atomic E-state index is 12.2. The molecule has 6 heteroatoms. The number of rotatable bonds is 4. The van der Waals surface area contributed by atoms with Crippen molar-refractivity contribution in [3.05, 3.63) is 70.3 Å². The number of hydrogen-bond acceptors (Lipinski definition) is 3. The standard InChI is InChI=1S/C21H21ClN2O3/c1-14(23-20(25)10-8-15-5-3-4-6-18(15)22)16-7-9-19-17(13-16)11-12-24(19)21(26)27-2/h3-10,13-14H,11-12H2,1-2H3,(H,23,25). The molecule has 0 bridgehead atoms. The molecule has 1 aliphatic heterocycles. The summed E-state index contributed by atoms with van der Waals surface area (Å²) in [7, 11) is 1.38. The summed E-state index contributed by atoms with van der Waals surface area (Å²) in [6.45, 7) is 2.53. The molecule has 0 saturated carbocycles. The summed E-state index contributed by atoms with van der Waals surface area (Å²) < 4.78 is 4.81. The highest BCUT2D eigenvalue weighted by molar-refractivity contribution is 6.32. The third-order valence-corrected chi connectivity index (χ3v) is 4.92. The Kier molecular flexibility index (Phi) is 5.81. The molecule has 3 rings (SSSR count). The van der Waals surface area contributed by atoms with Gasteiger partial charge in [0.25, 0.3) is 0 Å². The number of amides is 2. The Hall–Kier alpha value is -2.79. The Bertz CT molecular complexity index is 895. The highest BCUT2D eigenvalue weighted by Gasteiger charge is 2.25. The second-order valence-electron chi connectivity index (χ2n) is 6.34. The molecule has 0 saturated heterocycles. The third-order valence-electron chi connectivity index (χ3n) is 4.57. The van der Waals surface area contributed by atoms with E-state index in [0.29, 0.717) is 11.6 Å². The summed E-state index contributed by atoms with van der Waals surface area (Å²) in [5.74, 6) is -0.195. The molecule has 140 valence electrons. The molecule has 2 amide bonds. The average molecular weight is 385 g/mol. The first-order chi connectivity index (χ1) is 13.0. The Morgan fingerprint density at radius 2 is 2.04 bits per heavy atom. The van der Waals surface area contributed by atoms with Crippen molar-refractivity contribution in [2.45, 2.75) is 19.4 Å². The van der Waals surface area contributed by atoms with E-state index in [-0.39, 0.29) is 18.0 Å². The Morgan fingerprint density at radius 3 is 2.78 bits per heavy atom. The van der Waals surface area contributed by atoms with Crippen molar-refractivity contribution in [3.63, 3.8) is 0 Å². The maximum absolute atomic E-state index is 12.2. The number of nitrogens with one attached hydrogen (secondary N) is 1. The van der Waals surface area contributed by atoms with E-state index < -0.39 is 0 Å². The molecule has 2 aromatic carbocycles. The molecule has 1 unspecified atom stereocenters. The zero-order chi connectivity index (χ0) is 19.4. The highest BCUT2D eigenvalue weighted by Crippen LogP contribution is 2.31. The summed E-state index contributed by atoms with van der Waals surface area (Å²) in [5, 5.41) is 3.55. The van der Waals surface area contributed by atoms with Gasteiger partial charge in [-0.15, -0.1) is 0 Å². The van der Waals surface area contributed by atoms with Gasteiger partial charge in [-0.25, -0.2) is 4.79 Å². The Labute approximate surface area is 163 Å². The van der Waals surface area contributed by atoms with Crippen molar-refractivity contribution in [2.75, 3.05) is 18.6 Å². The van der Waals surface area contributed by atoms with Crippen molar-refractivity contribution < 1.29 is 14.3 Å². The lowest BCUT2D eigenvalue weighted by atomic mass is 10.0. The van der Waals surface area contributed by atoms with E-state index in [0.717, 1.165) is 28.8 Å². The number of ether oxygens (including phenoxy) is 1. The van der Waals surface area contributed by atoms with Gasteiger partial charge in [-0.3, -0.25) is 9.69 Å². The topological polar surface area (TPSA) is 58.6 Å². The zero-order valence-electron chi connectivity index (χ0n) is 15.2. The summed E-state index contributed by atoms with van der Waals surface area (Å²) in [5.41, 5.74) is 3.72. The minimum Gasteiger partial charge on any atom is -0.452 e. The van der Waals surface area contributed by atoms with Crippen LogP contribution >= 0.6 is 11.6 Å². The number of nitrogens with zero attached hydrogens (tertiary/aromatic N) is 1. The molecule has 5 nitrogen and oxygen atoms in total. The fourth-order valence-electron chi connectivity index (χ4n) is 3.11. The maximum Gasteiger partial charge on any atom is 0.414 e. The van der Waals surface area contributed by atoms with Gasteiger partial charge < -0.3 is 10.1 Å². The van der Waals surface area contributed by atoms with Crippen LogP contribution in [0.1, 0.15) is 29.7 Å². The third kappa shape index (κ3) is 4.31. The average Bonchev–Trinajstić information content (AvgIpc) is 3.10. The van der Waals surface area contributed by atoms with Gasteiger partial charge in [-0.1, -0.05) is 41.9 Å². The van der Waals surface area contributed by atoms with Gasteiger partial charge in [0.1, 0.15) is 0 Å². The van der Waals surface area contributed by atoms with Crippen LogP contribution in [0, 0.1) is 0 Å². The number of fused-ring (bicyclic) bond motifs is 1. The van der Waals surface area contributed by atoms with Gasteiger partial charge in [0.05, 0.1) is 18.8 Å². The first kappa shape index (κ1) is 19.0. The van der Waals surface area contributed by atoms with E-state index in [4.69, 9.17) is 16.3 Å². The summed E-state index contributed by atoms with van der Waals surface area (Å²) in [4.78, 5) is 25.6. The van der Waals surface area contributed by atoms with Crippen LogP contribution in [0.4, 0.5) is 10.5 Å². The van der Waals surface area contributed by atoms with E-state index in [1.165, 1.54) is 13.2 Å². The van der Waals surface area contributed by atoms with Crippen molar-refractivity contribution in [2.24, 2.45) is 0 Å². The minimum atomic E-state index is -0.354. The lowest BCUT2D eigenvalue weighted by Crippen LogP contribution is -2.28. The van der Waals surface area contributed by atoms with Gasteiger partial charge in [-0.05, 0) is 48.2 Å². The van der Waals surface area contributed by atoms with Crippen LogP contribution in [0.5, 0.6) is 0 Å². The van der Waals surface area contributed by atoms with Crippen molar-refractivity contribution >= 4 is 35.4 Å². The highest BCUT2D eigenvalue weighted by atomic mass is 35.5. The molecule has 0 fully saturated rings. The lowest BCUT2D eigenvalue weighted by molar-refractivity contribution is -0.117. The molecule has 0 spiro atoms. The van der Waals surface area contributed by atoms with Crippen LogP contribution in [0.3, 0.4) is 0 Å². The van der Waals surface area contributed by atoms with Crippen LogP contribution < -0.4 is 10.2 Å². The molecule has 1 atom stereocenters. The summed E-state index contributed by atoms with van der Waals surface area (Å²) >= 11 is 6.09. The number of carbonyl (C=O) groups is 2. The van der Waals surface area contributed by atoms with Crippen LogP contribution in [0.25, 0.3) is 6.08 Å². The molecule has 1 N–H and O–H groups in total. The molecule has 0 aromatic heterocycles. The van der Waals surface area contributed by atoms with Crippen molar-refractivity contribution in [3.8, 4) is 0 Å². The second-order valence-corrected chi connectivity index (χ2v) is 6.75. The van der Waals surface area contributed by atoms with Crippen LogP contribution in [-0.4, -0.2) is 25.7 Å². The fourth-order valence-corrected chi connectivity index (χ4v) is 3.31. The molecule has 0 radical (unpaired) electrons. The van der Waals surface area contributed by atoms with E-state index in [1.54, 1.807) is 17.0 Å². The Morgan fingerprint density at radius 1 is 1.26 bits per heavy atom. The number of halogens is 1. The SMILES string of the molecule is COC(=O)N1CCc2cc(C(C)NC(=O)C=Cc3ccccc3Cl)ccc21. The van der Waals surface area contributed by atoms with Gasteiger partial charge in [0, 0.05) is 17.6 Å². The summed E-state index contributed by atoms with van der Waals surface area (Å²) in [6.07, 6.45) is 3.59. The molecular formula is C21H21ClN2O3. The number of anilines is 1. The van der Waals surface area contributed by atoms with Crippen LogP contribution in [0.2, 0.25) is 5.02 Å². The zero-order valence-corrected chi connectivity index (χ0v) is 16.0. The predicted molar refractivity (Wildman–Crippen MR) is 107 cm³/mol. The molecule has 0 aliphatic carbocycles. The van der Waals surface area contributed by atoms with E-state index in [2.05, 4.69) is 5.32 Å². The molecule has 1 heterocycles. The number of methoxy groups -OCH3 is 1. The van der Waals surface area contributed by atoms with E-state index in [1.807, 2.05) is 43.3 Å². The van der Waals surface area contributed by atoms with Gasteiger partial charge >= 0.3 is 6.09 Å². The second kappa shape index (κ2) is 8.27. The summed E-state index contributed by atoms with van der Waals surface area (Å²) in [6, 6.07) is 13.0. The molecular weight excluding hydrogens is 364 g/mol. The lowest BCUT2D eigenvalue weighted by Gasteiger charge is -2.17. The van der Waals surface area contributed by atoms with E-state index in [9.17, 15) is 9.59 Å². The molecule has 2 aromatic rings. The monoisotopic (exact) mass is 384 g/mol. The Balaban J connectivity index is 1.66. The first-order valence-electron chi connectivity index (χ1n) is 8.71. The molecule has 1 aliphatic rings. The van der Waals surface area contributed by atoms with Crippen molar-refractivity contribution in [1.82, 2.24) is 5.32 Å². The number of benzene rings is 2. The predicted octanol–water partition coefficient (Wildman–Crippen LogP) is 4.36. The van der Waals surface area contributed by atoms with Crippen molar-refractivity contribution in [1.29, 1.82) is 0 Å².